The Hall–Kier alpha value is -1.10. The van der Waals surface area contributed by atoms with Crippen LogP contribution in [0.25, 0.3) is 0 Å². The predicted molar refractivity (Wildman–Crippen MR) is 65.9 cm³/mol. The van der Waals surface area contributed by atoms with Gasteiger partial charge in [-0.3, -0.25) is 9.59 Å². The molecule has 17 heavy (non-hydrogen) atoms. The number of amides is 2. The minimum Gasteiger partial charge on any atom is -0.370 e. The van der Waals surface area contributed by atoms with Crippen molar-refractivity contribution in [2.45, 2.75) is 45.1 Å². The summed E-state index contributed by atoms with van der Waals surface area (Å²) >= 11 is 0. The Kier molecular flexibility index (Phi) is 5.41. The minimum absolute atomic E-state index is 0.0299. The SMILES string of the molecule is CC1CC(N)CC(C(=O)NCCCC(N)=O)C1. The molecule has 3 atom stereocenters. The van der Waals surface area contributed by atoms with Gasteiger partial charge >= 0.3 is 0 Å². The molecule has 0 aliphatic heterocycles. The first kappa shape index (κ1) is 14.0. The molecule has 0 radical (unpaired) electrons. The molecule has 3 unspecified atom stereocenters. The first-order chi connectivity index (χ1) is 7.99. The van der Waals surface area contributed by atoms with Crippen molar-refractivity contribution >= 4 is 11.8 Å². The minimum atomic E-state index is -0.326. The lowest BCUT2D eigenvalue weighted by atomic mass is 9.79. The Labute approximate surface area is 102 Å². The summed E-state index contributed by atoms with van der Waals surface area (Å²) in [6, 6.07) is 0.139. The number of nitrogens with one attached hydrogen (secondary N) is 1. The maximum absolute atomic E-state index is 11.9. The molecule has 0 aromatic carbocycles. The average molecular weight is 241 g/mol. The van der Waals surface area contributed by atoms with E-state index >= 15 is 0 Å². The zero-order valence-electron chi connectivity index (χ0n) is 10.4. The molecule has 0 bridgehead atoms. The van der Waals surface area contributed by atoms with Crippen molar-refractivity contribution in [1.29, 1.82) is 0 Å². The third-order valence-electron chi connectivity index (χ3n) is 3.25. The number of primary amides is 1. The summed E-state index contributed by atoms with van der Waals surface area (Å²) in [5.74, 6) is 0.284. The first-order valence-electron chi connectivity index (χ1n) is 6.30. The third kappa shape index (κ3) is 5.17. The molecule has 2 amide bonds. The van der Waals surface area contributed by atoms with Crippen molar-refractivity contribution in [3.63, 3.8) is 0 Å². The molecule has 1 fully saturated rings. The van der Waals surface area contributed by atoms with Crippen molar-refractivity contribution in [2.75, 3.05) is 6.54 Å². The number of carbonyl (C=O) groups excluding carboxylic acids is 2. The summed E-state index contributed by atoms with van der Waals surface area (Å²) in [5, 5.41) is 2.85. The molecule has 5 N–H and O–H groups in total. The molecule has 0 aromatic heterocycles. The van der Waals surface area contributed by atoms with Crippen LogP contribution in [0.4, 0.5) is 0 Å². The van der Waals surface area contributed by atoms with Gasteiger partial charge < -0.3 is 16.8 Å². The Bertz CT molecular complexity index is 271. The van der Waals surface area contributed by atoms with Crippen LogP contribution in [0.2, 0.25) is 0 Å². The summed E-state index contributed by atoms with van der Waals surface area (Å²) in [7, 11) is 0. The Morgan fingerprint density at radius 3 is 2.59 bits per heavy atom. The maximum Gasteiger partial charge on any atom is 0.223 e. The van der Waals surface area contributed by atoms with Gasteiger partial charge in [-0.05, 0) is 31.6 Å². The zero-order chi connectivity index (χ0) is 12.8. The van der Waals surface area contributed by atoms with E-state index in [1.165, 1.54) is 0 Å². The van der Waals surface area contributed by atoms with E-state index in [0.717, 1.165) is 19.3 Å². The summed E-state index contributed by atoms with van der Waals surface area (Å²) in [6.45, 7) is 2.65. The zero-order valence-corrected chi connectivity index (χ0v) is 10.4. The van der Waals surface area contributed by atoms with Gasteiger partial charge in [0.05, 0.1) is 0 Å². The highest BCUT2D eigenvalue weighted by Crippen LogP contribution is 2.27. The average Bonchev–Trinajstić information content (AvgIpc) is 2.22. The molecule has 0 spiro atoms. The second-order valence-electron chi connectivity index (χ2n) is 5.13. The van der Waals surface area contributed by atoms with E-state index in [4.69, 9.17) is 11.5 Å². The Balaban J connectivity index is 2.24. The van der Waals surface area contributed by atoms with Crippen molar-refractivity contribution in [3.05, 3.63) is 0 Å². The molecular weight excluding hydrogens is 218 g/mol. The summed E-state index contributed by atoms with van der Waals surface area (Å²) < 4.78 is 0. The molecule has 5 nitrogen and oxygen atoms in total. The van der Waals surface area contributed by atoms with Gasteiger partial charge in [0.25, 0.3) is 0 Å². The number of rotatable bonds is 5. The van der Waals surface area contributed by atoms with Crippen LogP contribution >= 0.6 is 0 Å². The molecular formula is C12H23N3O2. The van der Waals surface area contributed by atoms with Crippen LogP contribution in [-0.2, 0) is 9.59 Å². The Morgan fingerprint density at radius 2 is 2.00 bits per heavy atom. The molecule has 0 aromatic rings. The molecule has 98 valence electrons. The topological polar surface area (TPSA) is 98.2 Å². The van der Waals surface area contributed by atoms with Crippen LogP contribution in [0.15, 0.2) is 0 Å². The summed E-state index contributed by atoms with van der Waals surface area (Å²) in [4.78, 5) is 22.4. The van der Waals surface area contributed by atoms with Gasteiger partial charge in [-0.15, -0.1) is 0 Å². The quantitative estimate of drug-likeness (QED) is 0.597. The van der Waals surface area contributed by atoms with E-state index in [-0.39, 0.29) is 23.8 Å². The van der Waals surface area contributed by atoms with Crippen LogP contribution < -0.4 is 16.8 Å². The Morgan fingerprint density at radius 1 is 1.29 bits per heavy atom. The lowest BCUT2D eigenvalue weighted by molar-refractivity contribution is -0.126. The number of hydrogen-bond acceptors (Lipinski definition) is 3. The van der Waals surface area contributed by atoms with Gasteiger partial charge in [0, 0.05) is 24.9 Å². The highest BCUT2D eigenvalue weighted by Gasteiger charge is 2.28. The molecule has 1 aliphatic carbocycles. The fourth-order valence-corrected chi connectivity index (χ4v) is 2.49. The van der Waals surface area contributed by atoms with E-state index in [1.807, 2.05) is 0 Å². The van der Waals surface area contributed by atoms with Crippen LogP contribution in [0.3, 0.4) is 0 Å². The van der Waals surface area contributed by atoms with Crippen LogP contribution in [-0.4, -0.2) is 24.4 Å². The van der Waals surface area contributed by atoms with Crippen molar-refractivity contribution in [1.82, 2.24) is 5.32 Å². The van der Waals surface area contributed by atoms with Gasteiger partial charge in [0.1, 0.15) is 0 Å². The predicted octanol–water partition coefficient (Wildman–Crippen LogP) is 0.132. The third-order valence-corrected chi connectivity index (χ3v) is 3.25. The van der Waals surface area contributed by atoms with E-state index in [1.54, 1.807) is 0 Å². The number of nitrogens with two attached hydrogens (primary N) is 2. The van der Waals surface area contributed by atoms with Gasteiger partial charge in [0.2, 0.25) is 11.8 Å². The highest BCUT2D eigenvalue weighted by atomic mass is 16.2. The van der Waals surface area contributed by atoms with Crippen molar-refractivity contribution in [3.8, 4) is 0 Å². The van der Waals surface area contributed by atoms with E-state index in [2.05, 4.69) is 12.2 Å². The maximum atomic E-state index is 11.9. The van der Waals surface area contributed by atoms with E-state index in [0.29, 0.717) is 25.3 Å². The molecule has 5 heteroatoms. The first-order valence-corrected chi connectivity index (χ1v) is 6.30. The lowest BCUT2D eigenvalue weighted by Gasteiger charge is -2.30. The molecule has 1 aliphatic rings. The summed E-state index contributed by atoms with van der Waals surface area (Å²) in [5.41, 5.74) is 10.9. The van der Waals surface area contributed by atoms with Crippen LogP contribution in [0.5, 0.6) is 0 Å². The molecule has 0 heterocycles. The molecule has 0 saturated heterocycles. The van der Waals surface area contributed by atoms with Gasteiger partial charge in [-0.25, -0.2) is 0 Å². The highest BCUT2D eigenvalue weighted by molar-refractivity contribution is 5.79. The lowest BCUT2D eigenvalue weighted by Crippen LogP contribution is -2.40. The standard InChI is InChI=1S/C12H23N3O2/c1-8-5-9(7-10(13)6-8)12(17)15-4-2-3-11(14)16/h8-10H,2-7,13H2,1H3,(H2,14,16)(H,15,17). The van der Waals surface area contributed by atoms with Gasteiger partial charge in [-0.1, -0.05) is 6.92 Å². The number of hydrogen-bond donors (Lipinski definition) is 3. The van der Waals surface area contributed by atoms with Crippen molar-refractivity contribution in [2.24, 2.45) is 23.3 Å². The smallest absolute Gasteiger partial charge is 0.223 e. The second kappa shape index (κ2) is 6.59. The van der Waals surface area contributed by atoms with E-state index < -0.39 is 0 Å². The fourth-order valence-electron chi connectivity index (χ4n) is 2.49. The fraction of sp³-hybridized carbons (Fsp3) is 0.833. The van der Waals surface area contributed by atoms with Gasteiger partial charge in [0.15, 0.2) is 0 Å². The van der Waals surface area contributed by atoms with Crippen LogP contribution in [0, 0.1) is 11.8 Å². The van der Waals surface area contributed by atoms with Gasteiger partial charge in [-0.2, -0.15) is 0 Å². The second-order valence-corrected chi connectivity index (χ2v) is 5.13. The normalized spacial score (nSPS) is 28.7. The van der Waals surface area contributed by atoms with Crippen molar-refractivity contribution < 1.29 is 9.59 Å². The van der Waals surface area contributed by atoms with Crippen LogP contribution in [0.1, 0.15) is 39.0 Å². The summed E-state index contributed by atoms with van der Waals surface area (Å²) in [6.07, 6.45) is 3.61. The largest absolute Gasteiger partial charge is 0.370 e. The molecule has 1 rings (SSSR count). The molecule has 1 saturated carbocycles. The monoisotopic (exact) mass is 241 g/mol. The number of carbonyl (C=O) groups is 2. The van der Waals surface area contributed by atoms with E-state index in [9.17, 15) is 9.59 Å².